The van der Waals surface area contributed by atoms with E-state index in [0.29, 0.717) is 13.1 Å². The van der Waals surface area contributed by atoms with Gasteiger partial charge in [0.1, 0.15) is 0 Å². The molecule has 1 aliphatic carbocycles. The fourth-order valence-corrected chi connectivity index (χ4v) is 5.45. The summed E-state index contributed by atoms with van der Waals surface area (Å²) in [6, 6.07) is 21.7. The largest absolute Gasteiger partial charge is 0.353 e. The second kappa shape index (κ2) is 11.7. The summed E-state index contributed by atoms with van der Waals surface area (Å²) in [5.41, 5.74) is 2.55. The number of rotatable bonds is 7. The molecule has 1 saturated heterocycles. The van der Waals surface area contributed by atoms with E-state index in [4.69, 9.17) is 0 Å². The molecular weight excluding hydrogens is 422 g/mol. The second-order valence-corrected chi connectivity index (χ2v) is 10.2. The van der Waals surface area contributed by atoms with E-state index in [0.717, 1.165) is 31.8 Å². The zero-order valence-electron chi connectivity index (χ0n) is 20.7. The van der Waals surface area contributed by atoms with Gasteiger partial charge in [0.25, 0.3) is 0 Å². The van der Waals surface area contributed by atoms with Crippen molar-refractivity contribution < 1.29 is 9.59 Å². The van der Waals surface area contributed by atoms with E-state index in [1.807, 2.05) is 11.8 Å². The SMILES string of the molecule is CC1CCC(NC(=O)C[C@H](C)C(=O)N2CCN(C(c3ccccc3)c3ccccc3)CC2)CC1. The van der Waals surface area contributed by atoms with Crippen LogP contribution in [0.5, 0.6) is 0 Å². The molecule has 4 rings (SSSR count). The monoisotopic (exact) mass is 461 g/mol. The minimum atomic E-state index is -0.284. The number of nitrogens with one attached hydrogen (secondary N) is 1. The van der Waals surface area contributed by atoms with Gasteiger partial charge in [0.05, 0.1) is 6.04 Å². The lowest BCUT2D eigenvalue weighted by atomic mass is 9.87. The van der Waals surface area contributed by atoms with Crippen LogP contribution in [0.1, 0.15) is 63.1 Å². The second-order valence-electron chi connectivity index (χ2n) is 10.2. The van der Waals surface area contributed by atoms with Crippen molar-refractivity contribution >= 4 is 11.8 Å². The standard InChI is InChI=1S/C29H39N3O2/c1-22-13-15-26(16-14-22)30-27(33)21-23(2)29(34)32-19-17-31(18-20-32)28(24-9-5-3-6-10-24)25-11-7-4-8-12-25/h3-12,22-23,26,28H,13-21H2,1-2H3,(H,30,33)/t22?,23-,26?/m0/s1. The molecule has 1 N–H and O–H groups in total. The average molecular weight is 462 g/mol. The summed E-state index contributed by atoms with van der Waals surface area (Å²) in [6.07, 6.45) is 4.75. The molecule has 0 aromatic heterocycles. The molecule has 1 atom stereocenters. The summed E-state index contributed by atoms with van der Waals surface area (Å²) in [5, 5.41) is 3.17. The minimum absolute atomic E-state index is 0.0206. The molecule has 2 aliphatic rings. The normalized spacial score (nSPS) is 22.4. The highest BCUT2D eigenvalue weighted by Gasteiger charge is 2.30. The molecule has 34 heavy (non-hydrogen) atoms. The highest BCUT2D eigenvalue weighted by Crippen LogP contribution is 2.30. The Bertz CT molecular complexity index is 877. The van der Waals surface area contributed by atoms with Crippen LogP contribution >= 0.6 is 0 Å². The molecule has 0 unspecified atom stereocenters. The van der Waals surface area contributed by atoms with Crippen molar-refractivity contribution in [2.45, 2.75) is 58.0 Å². The molecule has 0 radical (unpaired) electrons. The first kappa shape index (κ1) is 24.5. The van der Waals surface area contributed by atoms with Crippen molar-refractivity contribution in [2.75, 3.05) is 26.2 Å². The van der Waals surface area contributed by atoms with Gasteiger partial charge in [-0.05, 0) is 42.7 Å². The van der Waals surface area contributed by atoms with Crippen LogP contribution in [-0.2, 0) is 9.59 Å². The van der Waals surface area contributed by atoms with Crippen LogP contribution in [0.4, 0.5) is 0 Å². The summed E-state index contributed by atoms with van der Waals surface area (Å²) in [5.74, 6) is 0.596. The smallest absolute Gasteiger partial charge is 0.226 e. The van der Waals surface area contributed by atoms with Crippen LogP contribution in [-0.4, -0.2) is 53.8 Å². The zero-order valence-corrected chi connectivity index (χ0v) is 20.7. The van der Waals surface area contributed by atoms with Crippen molar-refractivity contribution in [3.05, 3.63) is 71.8 Å². The summed E-state index contributed by atoms with van der Waals surface area (Å²) < 4.78 is 0. The highest BCUT2D eigenvalue weighted by molar-refractivity contribution is 5.85. The van der Waals surface area contributed by atoms with Crippen LogP contribution in [0.15, 0.2) is 60.7 Å². The van der Waals surface area contributed by atoms with Crippen LogP contribution in [0.3, 0.4) is 0 Å². The van der Waals surface area contributed by atoms with Crippen molar-refractivity contribution in [3.8, 4) is 0 Å². The number of amides is 2. The molecule has 1 saturated carbocycles. The van der Waals surface area contributed by atoms with E-state index in [1.165, 1.54) is 24.0 Å². The third-order valence-electron chi connectivity index (χ3n) is 7.52. The van der Waals surface area contributed by atoms with Gasteiger partial charge in [-0.2, -0.15) is 0 Å². The van der Waals surface area contributed by atoms with Gasteiger partial charge in [0.15, 0.2) is 0 Å². The fourth-order valence-electron chi connectivity index (χ4n) is 5.45. The van der Waals surface area contributed by atoms with Crippen molar-refractivity contribution in [2.24, 2.45) is 11.8 Å². The molecule has 2 aromatic rings. The number of carbonyl (C=O) groups is 2. The quantitative estimate of drug-likeness (QED) is 0.654. The van der Waals surface area contributed by atoms with Gasteiger partial charge in [0.2, 0.25) is 11.8 Å². The van der Waals surface area contributed by atoms with Gasteiger partial charge >= 0.3 is 0 Å². The summed E-state index contributed by atoms with van der Waals surface area (Å²) in [6.45, 7) is 7.20. The highest BCUT2D eigenvalue weighted by atomic mass is 16.2. The Kier molecular flexibility index (Phi) is 8.39. The number of hydrogen-bond acceptors (Lipinski definition) is 3. The van der Waals surface area contributed by atoms with Gasteiger partial charge in [-0.15, -0.1) is 0 Å². The summed E-state index contributed by atoms with van der Waals surface area (Å²) >= 11 is 0. The van der Waals surface area contributed by atoms with Gasteiger partial charge in [-0.25, -0.2) is 0 Å². The molecule has 2 amide bonds. The zero-order chi connectivity index (χ0) is 23.9. The first-order valence-electron chi connectivity index (χ1n) is 12.9. The summed E-state index contributed by atoms with van der Waals surface area (Å²) in [4.78, 5) is 30.1. The fraction of sp³-hybridized carbons (Fsp3) is 0.517. The first-order chi connectivity index (χ1) is 16.5. The Morgan fingerprint density at radius 1 is 0.853 bits per heavy atom. The molecular formula is C29H39N3O2. The third kappa shape index (κ3) is 6.26. The molecule has 5 nitrogen and oxygen atoms in total. The lowest BCUT2D eigenvalue weighted by Gasteiger charge is -2.40. The average Bonchev–Trinajstić information content (AvgIpc) is 2.87. The Labute approximate surface area is 204 Å². The Balaban J connectivity index is 1.31. The topological polar surface area (TPSA) is 52.7 Å². The maximum atomic E-state index is 13.1. The van der Waals surface area contributed by atoms with E-state index >= 15 is 0 Å². The Hall–Kier alpha value is -2.66. The maximum absolute atomic E-state index is 13.1. The predicted molar refractivity (Wildman–Crippen MR) is 136 cm³/mol. The van der Waals surface area contributed by atoms with E-state index in [1.54, 1.807) is 0 Å². The van der Waals surface area contributed by atoms with Crippen LogP contribution in [0.2, 0.25) is 0 Å². The van der Waals surface area contributed by atoms with E-state index < -0.39 is 0 Å². The number of piperazine rings is 1. The third-order valence-corrected chi connectivity index (χ3v) is 7.52. The van der Waals surface area contributed by atoms with Gasteiger partial charge in [-0.3, -0.25) is 14.5 Å². The van der Waals surface area contributed by atoms with Gasteiger partial charge in [-0.1, -0.05) is 74.5 Å². The maximum Gasteiger partial charge on any atom is 0.226 e. The number of nitrogens with zero attached hydrogens (tertiary/aromatic N) is 2. The molecule has 0 bridgehead atoms. The molecule has 1 aliphatic heterocycles. The van der Waals surface area contributed by atoms with Gasteiger partial charge in [0, 0.05) is 44.6 Å². The van der Waals surface area contributed by atoms with Crippen LogP contribution in [0.25, 0.3) is 0 Å². The van der Waals surface area contributed by atoms with Crippen LogP contribution < -0.4 is 5.32 Å². The number of benzene rings is 2. The van der Waals surface area contributed by atoms with E-state index in [2.05, 4.69) is 77.8 Å². The summed E-state index contributed by atoms with van der Waals surface area (Å²) in [7, 11) is 0. The van der Waals surface area contributed by atoms with Crippen molar-refractivity contribution in [1.29, 1.82) is 0 Å². The molecule has 2 fully saturated rings. The van der Waals surface area contributed by atoms with E-state index in [-0.39, 0.29) is 36.2 Å². The van der Waals surface area contributed by atoms with Gasteiger partial charge < -0.3 is 10.2 Å². The molecule has 0 spiro atoms. The Morgan fingerprint density at radius 2 is 1.38 bits per heavy atom. The number of hydrogen-bond donors (Lipinski definition) is 1. The molecule has 1 heterocycles. The lowest BCUT2D eigenvalue weighted by molar-refractivity contribution is -0.139. The predicted octanol–water partition coefficient (Wildman–Crippen LogP) is 4.64. The van der Waals surface area contributed by atoms with Crippen molar-refractivity contribution in [3.63, 3.8) is 0 Å². The Morgan fingerprint density at radius 3 is 1.91 bits per heavy atom. The van der Waals surface area contributed by atoms with E-state index in [9.17, 15) is 9.59 Å². The molecule has 182 valence electrons. The minimum Gasteiger partial charge on any atom is -0.353 e. The number of carbonyl (C=O) groups excluding carboxylic acids is 2. The van der Waals surface area contributed by atoms with Crippen molar-refractivity contribution in [1.82, 2.24) is 15.1 Å². The lowest BCUT2D eigenvalue weighted by Crippen LogP contribution is -2.51. The molecule has 5 heteroatoms. The van der Waals surface area contributed by atoms with Crippen LogP contribution in [0, 0.1) is 11.8 Å². The molecule has 2 aromatic carbocycles. The first-order valence-corrected chi connectivity index (χ1v) is 12.9.